The quantitative estimate of drug-likeness (QED) is 0.913. The Morgan fingerprint density at radius 2 is 2.37 bits per heavy atom. The van der Waals surface area contributed by atoms with E-state index in [0.717, 1.165) is 12.2 Å². The molecule has 2 unspecified atom stereocenters. The molecule has 1 aliphatic rings. The molecule has 19 heavy (non-hydrogen) atoms. The maximum Gasteiger partial charge on any atom is 0.244 e. The van der Waals surface area contributed by atoms with Crippen molar-refractivity contribution in [2.45, 2.75) is 32.2 Å². The molecule has 100 valence electrons. The number of nitrogens with zero attached hydrogens (tertiary/aromatic N) is 3. The summed E-state index contributed by atoms with van der Waals surface area (Å²) in [5, 5.41) is 7.51. The van der Waals surface area contributed by atoms with Crippen molar-refractivity contribution in [3.63, 3.8) is 0 Å². The summed E-state index contributed by atoms with van der Waals surface area (Å²) in [6.45, 7) is 3.24. The van der Waals surface area contributed by atoms with Crippen molar-refractivity contribution >= 4 is 0 Å². The molecule has 1 saturated heterocycles. The number of nitrogens with one attached hydrogen (secondary N) is 1. The molecule has 0 aromatic carbocycles. The van der Waals surface area contributed by atoms with Gasteiger partial charge in [-0.2, -0.15) is 4.98 Å². The Balaban J connectivity index is 1.72. The van der Waals surface area contributed by atoms with E-state index in [0.29, 0.717) is 24.1 Å². The third kappa shape index (κ3) is 2.81. The summed E-state index contributed by atoms with van der Waals surface area (Å²) >= 11 is 0. The van der Waals surface area contributed by atoms with Gasteiger partial charge in [0.2, 0.25) is 5.89 Å². The molecule has 0 spiro atoms. The highest BCUT2D eigenvalue weighted by atomic mass is 16.5. The summed E-state index contributed by atoms with van der Waals surface area (Å²) in [4.78, 5) is 8.77. The average molecular weight is 258 g/mol. The fourth-order valence-corrected chi connectivity index (χ4v) is 2.51. The molecule has 5 nitrogen and oxygen atoms in total. The van der Waals surface area contributed by atoms with Gasteiger partial charge in [0.15, 0.2) is 5.82 Å². The number of pyridine rings is 1. The molecule has 3 heterocycles. The highest BCUT2D eigenvalue weighted by Crippen LogP contribution is 2.27. The lowest BCUT2D eigenvalue weighted by atomic mass is 9.93. The molecule has 2 aromatic heterocycles. The fourth-order valence-electron chi connectivity index (χ4n) is 2.51. The van der Waals surface area contributed by atoms with Crippen molar-refractivity contribution in [1.29, 1.82) is 0 Å². The first-order valence-electron chi connectivity index (χ1n) is 6.78. The van der Waals surface area contributed by atoms with Crippen LogP contribution in [-0.4, -0.2) is 21.7 Å². The van der Waals surface area contributed by atoms with Crippen LogP contribution in [-0.2, 0) is 6.42 Å². The van der Waals surface area contributed by atoms with Gasteiger partial charge in [-0.25, -0.2) is 0 Å². The standard InChI is InChI=1S/C14H18N4O/c1-10-5-4-8-16-13(10)14-17-12(18-19-14)9-11-6-2-3-7-15-11/h2-3,6-7,10,13,16H,4-5,8-9H2,1H3. The van der Waals surface area contributed by atoms with Crippen molar-refractivity contribution < 1.29 is 4.52 Å². The van der Waals surface area contributed by atoms with Gasteiger partial charge in [0.1, 0.15) is 0 Å². The minimum absolute atomic E-state index is 0.193. The maximum absolute atomic E-state index is 5.40. The third-order valence-corrected chi connectivity index (χ3v) is 3.58. The molecule has 2 aromatic rings. The first-order valence-corrected chi connectivity index (χ1v) is 6.78. The lowest BCUT2D eigenvalue weighted by molar-refractivity contribution is 0.239. The predicted molar refractivity (Wildman–Crippen MR) is 70.5 cm³/mol. The highest BCUT2D eigenvalue weighted by molar-refractivity contribution is 5.09. The third-order valence-electron chi connectivity index (χ3n) is 3.58. The zero-order chi connectivity index (χ0) is 13.1. The van der Waals surface area contributed by atoms with Crippen LogP contribution in [0.5, 0.6) is 0 Å². The molecule has 0 aliphatic carbocycles. The van der Waals surface area contributed by atoms with Crippen LogP contribution >= 0.6 is 0 Å². The largest absolute Gasteiger partial charge is 0.338 e. The highest BCUT2D eigenvalue weighted by Gasteiger charge is 2.27. The molecule has 3 rings (SSSR count). The second-order valence-corrected chi connectivity index (χ2v) is 5.10. The smallest absolute Gasteiger partial charge is 0.244 e. The number of aromatic nitrogens is 3. The van der Waals surface area contributed by atoms with Crippen molar-refractivity contribution in [3.8, 4) is 0 Å². The lowest BCUT2D eigenvalue weighted by Crippen LogP contribution is -2.33. The molecular weight excluding hydrogens is 240 g/mol. The normalized spacial score (nSPS) is 23.4. The van der Waals surface area contributed by atoms with Crippen molar-refractivity contribution in [2.75, 3.05) is 6.54 Å². The van der Waals surface area contributed by atoms with Gasteiger partial charge in [-0.1, -0.05) is 18.1 Å². The molecule has 2 atom stereocenters. The van der Waals surface area contributed by atoms with Crippen molar-refractivity contribution in [1.82, 2.24) is 20.4 Å². The lowest BCUT2D eigenvalue weighted by Gasteiger charge is -2.26. The van der Waals surface area contributed by atoms with E-state index < -0.39 is 0 Å². The van der Waals surface area contributed by atoms with E-state index in [-0.39, 0.29) is 6.04 Å². The van der Waals surface area contributed by atoms with Crippen LogP contribution < -0.4 is 5.32 Å². The van der Waals surface area contributed by atoms with Crippen LogP contribution in [0.1, 0.15) is 43.2 Å². The van der Waals surface area contributed by atoms with Gasteiger partial charge in [-0.15, -0.1) is 0 Å². The molecule has 0 amide bonds. The van der Waals surface area contributed by atoms with Gasteiger partial charge in [0.05, 0.1) is 12.5 Å². The van der Waals surface area contributed by atoms with Gasteiger partial charge >= 0.3 is 0 Å². The Bertz CT molecular complexity index is 525. The van der Waals surface area contributed by atoms with Crippen molar-refractivity contribution in [2.24, 2.45) is 5.92 Å². The summed E-state index contributed by atoms with van der Waals surface area (Å²) in [5.41, 5.74) is 0.958. The molecule has 0 radical (unpaired) electrons. The van der Waals surface area contributed by atoms with Gasteiger partial charge < -0.3 is 9.84 Å². The second-order valence-electron chi connectivity index (χ2n) is 5.10. The van der Waals surface area contributed by atoms with Gasteiger partial charge in [0, 0.05) is 11.9 Å². The molecule has 1 fully saturated rings. The minimum Gasteiger partial charge on any atom is -0.338 e. The summed E-state index contributed by atoms with van der Waals surface area (Å²) in [7, 11) is 0. The van der Waals surface area contributed by atoms with Crippen LogP contribution in [0, 0.1) is 5.92 Å². The number of hydrogen-bond acceptors (Lipinski definition) is 5. The molecule has 1 aliphatic heterocycles. The summed E-state index contributed by atoms with van der Waals surface area (Å²) in [6.07, 6.45) is 4.81. The summed E-state index contributed by atoms with van der Waals surface area (Å²) < 4.78 is 5.40. The van der Waals surface area contributed by atoms with E-state index in [9.17, 15) is 0 Å². The van der Waals surface area contributed by atoms with Gasteiger partial charge in [0.25, 0.3) is 0 Å². The minimum atomic E-state index is 0.193. The zero-order valence-electron chi connectivity index (χ0n) is 11.0. The predicted octanol–water partition coefficient (Wildman–Crippen LogP) is 2.12. The van der Waals surface area contributed by atoms with Gasteiger partial charge in [-0.05, 0) is 37.4 Å². The van der Waals surface area contributed by atoms with Crippen molar-refractivity contribution in [3.05, 3.63) is 41.8 Å². The second kappa shape index (κ2) is 5.48. The van der Waals surface area contributed by atoms with E-state index in [1.54, 1.807) is 6.20 Å². The van der Waals surface area contributed by atoms with E-state index in [1.807, 2.05) is 18.2 Å². The maximum atomic E-state index is 5.40. The Morgan fingerprint density at radius 3 is 3.16 bits per heavy atom. The number of piperidine rings is 1. The Morgan fingerprint density at radius 1 is 1.42 bits per heavy atom. The van der Waals surface area contributed by atoms with E-state index in [4.69, 9.17) is 4.52 Å². The Labute approximate surface area is 112 Å². The molecule has 5 heteroatoms. The summed E-state index contributed by atoms with van der Waals surface area (Å²) in [6, 6.07) is 6.03. The molecule has 0 bridgehead atoms. The Hall–Kier alpha value is -1.75. The fraction of sp³-hybridized carbons (Fsp3) is 0.500. The average Bonchev–Trinajstić information content (AvgIpc) is 2.89. The number of rotatable bonds is 3. The first kappa shape index (κ1) is 12.3. The van der Waals surface area contributed by atoms with E-state index in [1.165, 1.54) is 12.8 Å². The molecular formula is C14H18N4O. The zero-order valence-corrected chi connectivity index (χ0v) is 11.0. The van der Waals surface area contributed by atoms with Gasteiger partial charge in [-0.3, -0.25) is 4.98 Å². The first-order chi connectivity index (χ1) is 9.33. The molecule has 1 N–H and O–H groups in total. The number of hydrogen-bond donors (Lipinski definition) is 1. The van der Waals surface area contributed by atoms with Crippen LogP contribution in [0.4, 0.5) is 0 Å². The van der Waals surface area contributed by atoms with Crippen LogP contribution in [0.15, 0.2) is 28.9 Å². The monoisotopic (exact) mass is 258 g/mol. The van der Waals surface area contributed by atoms with Crippen LogP contribution in [0.3, 0.4) is 0 Å². The van der Waals surface area contributed by atoms with E-state index in [2.05, 4.69) is 27.4 Å². The van der Waals surface area contributed by atoms with Crippen LogP contribution in [0.25, 0.3) is 0 Å². The Kier molecular flexibility index (Phi) is 3.55. The topological polar surface area (TPSA) is 63.8 Å². The van der Waals surface area contributed by atoms with E-state index >= 15 is 0 Å². The van der Waals surface area contributed by atoms with Crippen LogP contribution in [0.2, 0.25) is 0 Å². The SMILES string of the molecule is CC1CCCNC1c1nc(Cc2ccccn2)no1. The summed E-state index contributed by atoms with van der Waals surface area (Å²) in [5.74, 6) is 1.95. The molecule has 0 saturated carbocycles.